The molecule has 0 aromatic carbocycles. The Labute approximate surface area is 132 Å². The molecule has 2 aromatic rings. The summed E-state index contributed by atoms with van der Waals surface area (Å²) >= 11 is 5.31. The number of piperidine rings is 1. The summed E-state index contributed by atoms with van der Waals surface area (Å²) < 4.78 is 1.17. The normalized spacial score (nSPS) is 15.3. The monoisotopic (exact) mass is 351 g/mol. The third-order valence-electron chi connectivity index (χ3n) is 3.57. The minimum atomic E-state index is 0.836. The summed E-state index contributed by atoms with van der Waals surface area (Å²) in [5.74, 6) is 1.10. The minimum absolute atomic E-state index is 0.836. The summed E-state index contributed by atoms with van der Waals surface area (Å²) in [5, 5.41) is 5.51. The Morgan fingerprint density at radius 2 is 2.05 bits per heavy atom. The second kappa shape index (κ2) is 6.59. The lowest BCUT2D eigenvalue weighted by molar-refractivity contribution is 0.573. The maximum absolute atomic E-state index is 4.58. The van der Waals surface area contributed by atoms with Crippen molar-refractivity contribution in [2.75, 3.05) is 23.3 Å². The van der Waals surface area contributed by atoms with Gasteiger partial charge in [0.1, 0.15) is 5.82 Å². The average molecular weight is 352 g/mol. The first kappa shape index (κ1) is 13.9. The van der Waals surface area contributed by atoms with Crippen LogP contribution in [0.3, 0.4) is 0 Å². The third-order valence-corrected chi connectivity index (χ3v) is 5.50. The molecular formula is C15H18BrN3S. The maximum Gasteiger partial charge on any atom is 0.128 e. The topological polar surface area (TPSA) is 28.2 Å². The molecule has 0 spiro atoms. The molecule has 0 unspecified atom stereocenters. The fourth-order valence-electron chi connectivity index (χ4n) is 2.43. The van der Waals surface area contributed by atoms with Crippen LogP contribution >= 0.6 is 27.3 Å². The average Bonchev–Trinajstić information content (AvgIpc) is 2.92. The molecule has 106 valence electrons. The second-order valence-corrected chi connectivity index (χ2v) is 6.85. The van der Waals surface area contributed by atoms with Crippen LogP contribution in [-0.2, 0) is 6.54 Å². The van der Waals surface area contributed by atoms with Gasteiger partial charge in [-0.1, -0.05) is 0 Å². The van der Waals surface area contributed by atoms with E-state index in [1.54, 1.807) is 11.3 Å². The Kier molecular flexibility index (Phi) is 4.58. The van der Waals surface area contributed by atoms with E-state index in [9.17, 15) is 0 Å². The van der Waals surface area contributed by atoms with Gasteiger partial charge < -0.3 is 10.2 Å². The number of pyridine rings is 1. The van der Waals surface area contributed by atoms with E-state index in [4.69, 9.17) is 0 Å². The number of nitrogens with zero attached hydrogens (tertiary/aromatic N) is 2. The van der Waals surface area contributed by atoms with E-state index in [-0.39, 0.29) is 0 Å². The smallest absolute Gasteiger partial charge is 0.128 e. The van der Waals surface area contributed by atoms with Crippen LogP contribution < -0.4 is 10.2 Å². The van der Waals surface area contributed by atoms with Gasteiger partial charge in [0.2, 0.25) is 0 Å². The molecule has 0 amide bonds. The van der Waals surface area contributed by atoms with E-state index in [2.05, 4.69) is 54.7 Å². The number of nitrogens with one attached hydrogen (secondary N) is 1. The Morgan fingerprint density at radius 1 is 1.20 bits per heavy atom. The van der Waals surface area contributed by atoms with Crippen LogP contribution in [-0.4, -0.2) is 18.1 Å². The summed E-state index contributed by atoms with van der Waals surface area (Å²) in [6.07, 6.45) is 5.86. The van der Waals surface area contributed by atoms with Crippen LogP contribution in [0.4, 0.5) is 11.5 Å². The Balaban J connectivity index is 1.59. The van der Waals surface area contributed by atoms with Crippen LogP contribution in [0.2, 0.25) is 0 Å². The lowest BCUT2D eigenvalue weighted by atomic mass is 10.1. The summed E-state index contributed by atoms with van der Waals surface area (Å²) in [5.41, 5.74) is 1.08. The molecule has 3 nitrogen and oxygen atoms in total. The van der Waals surface area contributed by atoms with Gasteiger partial charge in [-0.25, -0.2) is 4.98 Å². The number of anilines is 2. The van der Waals surface area contributed by atoms with Crippen LogP contribution in [0.1, 0.15) is 24.1 Å². The first-order chi connectivity index (χ1) is 9.83. The zero-order valence-electron chi connectivity index (χ0n) is 11.3. The number of thiophene rings is 1. The first-order valence-electron chi connectivity index (χ1n) is 7.00. The fraction of sp³-hybridized carbons (Fsp3) is 0.400. The quantitative estimate of drug-likeness (QED) is 0.878. The van der Waals surface area contributed by atoms with Crippen LogP contribution in [0.5, 0.6) is 0 Å². The van der Waals surface area contributed by atoms with Gasteiger partial charge in [0.25, 0.3) is 0 Å². The number of hydrogen-bond donors (Lipinski definition) is 1. The van der Waals surface area contributed by atoms with Crippen molar-refractivity contribution in [3.05, 3.63) is 39.1 Å². The highest BCUT2D eigenvalue weighted by molar-refractivity contribution is 9.10. The summed E-state index contributed by atoms with van der Waals surface area (Å²) in [6, 6.07) is 6.33. The molecule has 1 N–H and O–H groups in total. The van der Waals surface area contributed by atoms with Crippen molar-refractivity contribution in [1.82, 2.24) is 4.98 Å². The lowest BCUT2D eigenvalue weighted by Gasteiger charge is -2.27. The molecule has 0 atom stereocenters. The highest BCUT2D eigenvalue weighted by Gasteiger charge is 2.11. The van der Waals surface area contributed by atoms with E-state index in [1.165, 1.54) is 28.6 Å². The van der Waals surface area contributed by atoms with Crippen molar-refractivity contribution >= 4 is 38.8 Å². The fourth-order valence-corrected chi connectivity index (χ4v) is 3.87. The predicted octanol–water partition coefficient (Wildman–Crippen LogP) is 4.51. The highest BCUT2D eigenvalue weighted by atomic mass is 79.9. The van der Waals surface area contributed by atoms with Gasteiger partial charge in [-0.2, -0.15) is 0 Å². The van der Waals surface area contributed by atoms with E-state index in [0.29, 0.717) is 0 Å². The summed E-state index contributed by atoms with van der Waals surface area (Å²) in [4.78, 5) is 8.27. The van der Waals surface area contributed by atoms with E-state index < -0.39 is 0 Å². The summed E-state index contributed by atoms with van der Waals surface area (Å²) in [7, 11) is 0. The van der Waals surface area contributed by atoms with E-state index in [0.717, 1.165) is 31.1 Å². The van der Waals surface area contributed by atoms with Crippen molar-refractivity contribution < 1.29 is 0 Å². The molecule has 1 saturated heterocycles. The molecule has 5 heteroatoms. The Bertz CT molecular complexity index is 547. The van der Waals surface area contributed by atoms with Gasteiger partial charge >= 0.3 is 0 Å². The molecule has 0 aliphatic carbocycles. The van der Waals surface area contributed by atoms with E-state index in [1.807, 2.05) is 6.20 Å². The molecule has 1 aliphatic rings. The van der Waals surface area contributed by atoms with E-state index >= 15 is 0 Å². The van der Waals surface area contributed by atoms with Crippen molar-refractivity contribution in [3.63, 3.8) is 0 Å². The molecule has 3 rings (SSSR count). The van der Waals surface area contributed by atoms with Crippen LogP contribution in [0, 0.1) is 0 Å². The molecular weight excluding hydrogens is 334 g/mol. The molecule has 20 heavy (non-hydrogen) atoms. The predicted molar refractivity (Wildman–Crippen MR) is 89.6 cm³/mol. The SMILES string of the molecule is Brc1ccsc1CNc1ccc(N2CCCCC2)nc1. The van der Waals surface area contributed by atoms with Crippen molar-refractivity contribution in [2.45, 2.75) is 25.8 Å². The Morgan fingerprint density at radius 3 is 2.70 bits per heavy atom. The molecule has 0 saturated carbocycles. The standard InChI is InChI=1S/C15H18BrN3S/c16-13-6-9-20-14(13)11-17-12-4-5-15(18-10-12)19-7-2-1-3-8-19/h4-6,9-10,17H,1-3,7-8,11H2. The molecule has 1 aliphatic heterocycles. The van der Waals surface area contributed by atoms with Gasteiger partial charge in [0, 0.05) is 22.4 Å². The number of aromatic nitrogens is 1. The van der Waals surface area contributed by atoms with Crippen molar-refractivity contribution in [1.29, 1.82) is 0 Å². The van der Waals surface area contributed by atoms with Gasteiger partial charge in [0.05, 0.1) is 18.4 Å². The van der Waals surface area contributed by atoms with Gasteiger partial charge in [-0.05, 0) is 58.8 Å². The maximum atomic E-state index is 4.58. The van der Waals surface area contributed by atoms with Crippen molar-refractivity contribution in [3.8, 4) is 0 Å². The number of hydrogen-bond acceptors (Lipinski definition) is 4. The zero-order valence-corrected chi connectivity index (χ0v) is 13.7. The van der Waals surface area contributed by atoms with Crippen LogP contribution in [0.25, 0.3) is 0 Å². The third kappa shape index (κ3) is 3.33. The van der Waals surface area contributed by atoms with Gasteiger partial charge in [-0.3, -0.25) is 0 Å². The molecule has 0 radical (unpaired) electrons. The second-order valence-electron chi connectivity index (χ2n) is 5.00. The zero-order chi connectivity index (χ0) is 13.8. The first-order valence-corrected chi connectivity index (χ1v) is 8.67. The van der Waals surface area contributed by atoms with Crippen molar-refractivity contribution in [2.24, 2.45) is 0 Å². The number of rotatable bonds is 4. The molecule has 2 aromatic heterocycles. The minimum Gasteiger partial charge on any atom is -0.379 e. The lowest BCUT2D eigenvalue weighted by Crippen LogP contribution is -2.30. The number of halogens is 1. The highest BCUT2D eigenvalue weighted by Crippen LogP contribution is 2.24. The summed E-state index contributed by atoms with van der Waals surface area (Å²) in [6.45, 7) is 3.12. The van der Waals surface area contributed by atoms with Gasteiger partial charge in [0.15, 0.2) is 0 Å². The van der Waals surface area contributed by atoms with Gasteiger partial charge in [-0.15, -0.1) is 11.3 Å². The van der Waals surface area contributed by atoms with Crippen LogP contribution in [0.15, 0.2) is 34.2 Å². The largest absolute Gasteiger partial charge is 0.379 e. The molecule has 1 fully saturated rings. The molecule has 0 bridgehead atoms. The Hall–Kier alpha value is -1.07. The molecule has 3 heterocycles.